The third-order valence-corrected chi connectivity index (χ3v) is 3.61. The van der Waals surface area contributed by atoms with Crippen molar-refractivity contribution < 1.29 is 0 Å². The van der Waals surface area contributed by atoms with E-state index in [1.54, 1.807) is 0 Å². The Kier molecular flexibility index (Phi) is 3.57. The molecule has 0 saturated heterocycles. The number of nitrogens with zero attached hydrogens (tertiary/aromatic N) is 1. The van der Waals surface area contributed by atoms with Crippen LogP contribution in [0.3, 0.4) is 0 Å². The van der Waals surface area contributed by atoms with Crippen molar-refractivity contribution in [1.29, 1.82) is 0 Å². The van der Waals surface area contributed by atoms with Crippen molar-refractivity contribution in [3.63, 3.8) is 0 Å². The Morgan fingerprint density at radius 3 is 2.45 bits per heavy atom. The maximum absolute atomic E-state index is 5.97. The summed E-state index contributed by atoms with van der Waals surface area (Å²) in [7, 11) is 0. The van der Waals surface area contributed by atoms with E-state index in [1.807, 2.05) is 0 Å². The maximum Gasteiger partial charge on any atom is 0.0486 e. The Hall–Kier alpha value is -2.06. The second-order valence-corrected chi connectivity index (χ2v) is 5.47. The van der Waals surface area contributed by atoms with Gasteiger partial charge in [0.1, 0.15) is 0 Å². The first kappa shape index (κ1) is 12.9. The van der Waals surface area contributed by atoms with Crippen LogP contribution in [0.2, 0.25) is 0 Å². The van der Waals surface area contributed by atoms with Crippen LogP contribution in [-0.4, -0.2) is 10.6 Å². The van der Waals surface area contributed by atoms with E-state index in [-0.39, 0.29) is 6.04 Å². The molecule has 2 heteroatoms. The molecule has 0 fully saturated rings. The summed E-state index contributed by atoms with van der Waals surface area (Å²) in [5, 5.41) is 1.32. The molecule has 0 spiro atoms. The highest BCUT2D eigenvalue weighted by atomic mass is 15.0. The number of hydrogen-bond donors (Lipinski definition) is 1. The maximum atomic E-state index is 5.97. The van der Waals surface area contributed by atoms with E-state index in [0.29, 0.717) is 0 Å². The van der Waals surface area contributed by atoms with Crippen molar-refractivity contribution in [2.45, 2.75) is 25.9 Å². The third kappa shape index (κ3) is 2.61. The molecule has 0 saturated carbocycles. The average molecular weight is 264 g/mol. The van der Waals surface area contributed by atoms with E-state index in [1.165, 1.54) is 22.0 Å². The number of aromatic nitrogens is 1. The molecule has 0 aliphatic heterocycles. The zero-order chi connectivity index (χ0) is 13.9. The fraction of sp³-hybridized carbons (Fsp3) is 0.222. The van der Waals surface area contributed by atoms with Crippen molar-refractivity contribution in [2.75, 3.05) is 0 Å². The van der Waals surface area contributed by atoms with Gasteiger partial charge in [-0.05, 0) is 30.5 Å². The fourth-order valence-corrected chi connectivity index (χ4v) is 2.74. The van der Waals surface area contributed by atoms with E-state index in [2.05, 4.69) is 72.3 Å². The molecule has 2 aromatic carbocycles. The van der Waals surface area contributed by atoms with Gasteiger partial charge >= 0.3 is 0 Å². The van der Waals surface area contributed by atoms with Crippen LogP contribution in [0.15, 0.2) is 60.8 Å². The summed E-state index contributed by atoms with van der Waals surface area (Å²) >= 11 is 0. The zero-order valence-corrected chi connectivity index (χ0v) is 11.8. The predicted octanol–water partition coefficient (Wildman–Crippen LogP) is 3.58. The van der Waals surface area contributed by atoms with Crippen molar-refractivity contribution >= 4 is 10.9 Å². The molecule has 0 aliphatic carbocycles. The molecule has 0 unspecified atom stereocenters. The molecule has 1 atom stereocenters. The minimum absolute atomic E-state index is 0.186. The molecule has 3 aromatic rings. The van der Waals surface area contributed by atoms with Gasteiger partial charge in [0.2, 0.25) is 0 Å². The van der Waals surface area contributed by atoms with E-state index in [9.17, 15) is 0 Å². The molecule has 1 heterocycles. The van der Waals surface area contributed by atoms with Gasteiger partial charge in [-0.2, -0.15) is 0 Å². The summed E-state index contributed by atoms with van der Waals surface area (Å²) in [6, 6.07) is 19.3. The van der Waals surface area contributed by atoms with Gasteiger partial charge in [-0.25, -0.2) is 0 Å². The molecule has 0 amide bonds. The largest absolute Gasteiger partial charge is 0.343 e. The summed E-state index contributed by atoms with van der Waals surface area (Å²) in [6.07, 6.45) is 3.17. The molecule has 2 N–H and O–H groups in total. The molecule has 0 aliphatic rings. The zero-order valence-electron chi connectivity index (χ0n) is 11.8. The van der Waals surface area contributed by atoms with Crippen LogP contribution in [0.25, 0.3) is 10.9 Å². The molecule has 2 nitrogen and oxygen atoms in total. The number of nitrogens with two attached hydrogens (primary N) is 1. The summed E-state index contributed by atoms with van der Waals surface area (Å²) in [5.74, 6) is 0. The van der Waals surface area contributed by atoms with Crippen LogP contribution >= 0.6 is 0 Å². The summed E-state index contributed by atoms with van der Waals surface area (Å²) < 4.78 is 2.32. The number of rotatable bonds is 4. The molecule has 3 rings (SSSR count). The predicted molar refractivity (Wildman–Crippen MR) is 84.8 cm³/mol. The lowest BCUT2D eigenvalue weighted by Gasteiger charge is -2.05. The molecule has 102 valence electrons. The Bertz CT molecular complexity index is 696. The van der Waals surface area contributed by atoms with Gasteiger partial charge in [-0.15, -0.1) is 0 Å². The van der Waals surface area contributed by atoms with Crippen LogP contribution in [0.4, 0.5) is 0 Å². The third-order valence-electron chi connectivity index (χ3n) is 3.61. The SMILES string of the molecule is C[C@@H](N)Cc1cn(Cc2ccccc2)c2ccccc12. The highest BCUT2D eigenvalue weighted by Crippen LogP contribution is 2.23. The monoisotopic (exact) mass is 264 g/mol. The molecular formula is C18H20N2. The van der Waals surface area contributed by atoms with E-state index in [0.717, 1.165) is 13.0 Å². The highest BCUT2D eigenvalue weighted by Gasteiger charge is 2.09. The first-order chi connectivity index (χ1) is 9.74. The quantitative estimate of drug-likeness (QED) is 0.767. The van der Waals surface area contributed by atoms with Crippen molar-refractivity contribution in [3.8, 4) is 0 Å². The van der Waals surface area contributed by atoms with Gasteiger partial charge in [-0.1, -0.05) is 48.5 Å². The average Bonchev–Trinajstić information content (AvgIpc) is 2.78. The van der Waals surface area contributed by atoms with Crippen molar-refractivity contribution in [1.82, 2.24) is 4.57 Å². The molecular weight excluding hydrogens is 244 g/mol. The number of para-hydroxylation sites is 1. The van der Waals surface area contributed by atoms with Crippen LogP contribution < -0.4 is 5.73 Å². The lowest BCUT2D eigenvalue weighted by atomic mass is 10.1. The lowest BCUT2D eigenvalue weighted by molar-refractivity contribution is 0.735. The molecule has 20 heavy (non-hydrogen) atoms. The fourth-order valence-electron chi connectivity index (χ4n) is 2.74. The van der Waals surface area contributed by atoms with E-state index < -0.39 is 0 Å². The lowest BCUT2D eigenvalue weighted by Crippen LogP contribution is -2.17. The van der Waals surface area contributed by atoms with Crippen molar-refractivity contribution in [3.05, 3.63) is 71.9 Å². The molecule has 0 bridgehead atoms. The van der Waals surface area contributed by atoms with Gasteiger partial charge < -0.3 is 10.3 Å². The Labute approximate surface area is 119 Å². The topological polar surface area (TPSA) is 30.9 Å². The Morgan fingerprint density at radius 2 is 1.70 bits per heavy atom. The van der Waals surface area contributed by atoms with Crippen LogP contribution in [0.5, 0.6) is 0 Å². The number of benzene rings is 2. The van der Waals surface area contributed by atoms with Gasteiger partial charge in [0, 0.05) is 29.7 Å². The first-order valence-corrected chi connectivity index (χ1v) is 7.10. The highest BCUT2D eigenvalue weighted by molar-refractivity contribution is 5.84. The van der Waals surface area contributed by atoms with E-state index in [4.69, 9.17) is 5.73 Å². The van der Waals surface area contributed by atoms with Gasteiger partial charge in [0.15, 0.2) is 0 Å². The molecule has 1 aromatic heterocycles. The van der Waals surface area contributed by atoms with Gasteiger partial charge in [0.25, 0.3) is 0 Å². The van der Waals surface area contributed by atoms with Crippen LogP contribution in [0.1, 0.15) is 18.1 Å². The van der Waals surface area contributed by atoms with Crippen molar-refractivity contribution in [2.24, 2.45) is 5.73 Å². The number of hydrogen-bond acceptors (Lipinski definition) is 1. The summed E-state index contributed by atoms with van der Waals surface area (Å²) in [5.41, 5.74) is 9.91. The summed E-state index contributed by atoms with van der Waals surface area (Å²) in [4.78, 5) is 0. The van der Waals surface area contributed by atoms with Gasteiger partial charge in [-0.3, -0.25) is 0 Å². The Balaban J connectivity index is 2.02. The minimum Gasteiger partial charge on any atom is -0.343 e. The van der Waals surface area contributed by atoms with Gasteiger partial charge in [0.05, 0.1) is 0 Å². The Morgan fingerprint density at radius 1 is 1.00 bits per heavy atom. The van der Waals surface area contributed by atoms with E-state index >= 15 is 0 Å². The number of fused-ring (bicyclic) bond motifs is 1. The normalized spacial score (nSPS) is 12.7. The summed E-state index contributed by atoms with van der Waals surface area (Å²) in [6.45, 7) is 2.96. The van der Waals surface area contributed by atoms with Crippen LogP contribution in [0, 0.1) is 0 Å². The second kappa shape index (κ2) is 5.51. The minimum atomic E-state index is 0.186. The smallest absolute Gasteiger partial charge is 0.0486 e. The van der Waals surface area contributed by atoms with Crippen LogP contribution in [-0.2, 0) is 13.0 Å². The second-order valence-electron chi connectivity index (χ2n) is 5.47. The first-order valence-electron chi connectivity index (χ1n) is 7.10. The standard InChI is InChI=1S/C18H20N2/c1-14(19)11-16-13-20(12-15-7-3-2-4-8-15)18-10-6-5-9-17(16)18/h2-10,13-14H,11-12,19H2,1H3/t14-/m1/s1. The molecule has 0 radical (unpaired) electrons.